The molecule has 1 atom stereocenters. The van der Waals surface area contributed by atoms with Crippen molar-refractivity contribution in [3.8, 4) is 5.75 Å². The van der Waals surface area contributed by atoms with Crippen LogP contribution in [0, 0.1) is 0 Å². The molecule has 0 saturated carbocycles. The maximum Gasteiger partial charge on any atom is 0.319 e. The topological polar surface area (TPSA) is 59.6 Å². The Balaban J connectivity index is 1.60. The van der Waals surface area contributed by atoms with Gasteiger partial charge in [0.15, 0.2) is 0 Å². The summed E-state index contributed by atoms with van der Waals surface area (Å²) >= 11 is 0. The first-order valence-electron chi connectivity index (χ1n) is 8.77. The molecule has 1 aliphatic rings. The van der Waals surface area contributed by atoms with Crippen LogP contribution in [0.1, 0.15) is 25.0 Å². The van der Waals surface area contributed by atoms with E-state index in [4.69, 9.17) is 9.47 Å². The normalized spacial score (nSPS) is 17.9. The largest absolute Gasteiger partial charge is 0.480 e. The highest BCUT2D eigenvalue weighted by Gasteiger charge is 2.28. The average Bonchev–Trinajstić information content (AvgIpc) is 2.63. The van der Waals surface area contributed by atoms with E-state index in [0.29, 0.717) is 19.8 Å². The first-order valence-corrected chi connectivity index (χ1v) is 8.77. The third-order valence-electron chi connectivity index (χ3n) is 4.06. The lowest BCUT2D eigenvalue weighted by Crippen LogP contribution is -2.37. The number of hydrogen-bond donors (Lipinski definition) is 2. The van der Waals surface area contributed by atoms with Crippen molar-refractivity contribution in [1.82, 2.24) is 5.32 Å². The zero-order valence-electron chi connectivity index (χ0n) is 15.1. The quantitative estimate of drug-likeness (QED) is 0.819. The Labute approximate surface area is 154 Å². The van der Waals surface area contributed by atoms with Gasteiger partial charge in [-0.3, -0.25) is 0 Å². The van der Waals surface area contributed by atoms with Crippen LogP contribution in [0.25, 0.3) is 6.08 Å². The summed E-state index contributed by atoms with van der Waals surface area (Å²) in [4.78, 5) is 11.6. The fourth-order valence-electron chi connectivity index (χ4n) is 2.76. The highest BCUT2D eigenvalue weighted by Crippen LogP contribution is 2.33. The van der Waals surface area contributed by atoms with E-state index in [2.05, 4.69) is 10.6 Å². The second-order valence-electron chi connectivity index (χ2n) is 6.46. The minimum Gasteiger partial charge on any atom is -0.480 e. The minimum absolute atomic E-state index is 0.215. The number of amides is 2. The second-order valence-corrected chi connectivity index (χ2v) is 6.46. The van der Waals surface area contributed by atoms with Gasteiger partial charge in [-0.2, -0.15) is 0 Å². The summed E-state index contributed by atoms with van der Waals surface area (Å²) in [6, 6.07) is 15.5. The van der Waals surface area contributed by atoms with Gasteiger partial charge in [-0.25, -0.2) is 4.79 Å². The molecule has 0 spiro atoms. The SMILES string of the molecule is CCNC(=O)Nc1ccc2c(c1)C=CC(C)(COCc1ccccc1)O2. The summed E-state index contributed by atoms with van der Waals surface area (Å²) in [6.45, 7) is 5.47. The molecule has 5 nitrogen and oxygen atoms in total. The summed E-state index contributed by atoms with van der Waals surface area (Å²) in [5.74, 6) is 0.778. The van der Waals surface area contributed by atoms with Gasteiger partial charge in [0.25, 0.3) is 0 Å². The van der Waals surface area contributed by atoms with Crippen molar-refractivity contribution in [1.29, 1.82) is 0 Å². The molecule has 1 unspecified atom stereocenters. The van der Waals surface area contributed by atoms with Crippen LogP contribution in [-0.2, 0) is 11.3 Å². The molecular formula is C21H24N2O3. The fraction of sp³-hybridized carbons (Fsp3) is 0.286. The van der Waals surface area contributed by atoms with E-state index in [-0.39, 0.29) is 6.03 Å². The van der Waals surface area contributed by atoms with Gasteiger partial charge in [-0.15, -0.1) is 0 Å². The Hall–Kier alpha value is -2.79. The Kier molecular flexibility index (Phi) is 5.58. The van der Waals surface area contributed by atoms with Gasteiger partial charge in [-0.05, 0) is 43.7 Å². The summed E-state index contributed by atoms with van der Waals surface area (Å²) in [6.07, 6.45) is 4.00. The summed E-state index contributed by atoms with van der Waals surface area (Å²) in [5.41, 5.74) is 2.28. The molecule has 2 N–H and O–H groups in total. The lowest BCUT2D eigenvalue weighted by molar-refractivity contribution is 0.00632. The van der Waals surface area contributed by atoms with Crippen molar-refractivity contribution >= 4 is 17.8 Å². The van der Waals surface area contributed by atoms with Crippen LogP contribution < -0.4 is 15.4 Å². The first kappa shape index (κ1) is 18.0. The molecule has 1 heterocycles. The van der Waals surface area contributed by atoms with Crippen molar-refractivity contribution in [2.75, 3.05) is 18.5 Å². The Bertz CT molecular complexity index is 789. The summed E-state index contributed by atoms with van der Waals surface area (Å²) < 4.78 is 12.0. The average molecular weight is 352 g/mol. The second kappa shape index (κ2) is 8.06. The highest BCUT2D eigenvalue weighted by molar-refractivity contribution is 5.89. The van der Waals surface area contributed by atoms with E-state index in [9.17, 15) is 4.79 Å². The van der Waals surface area contributed by atoms with Crippen LogP contribution in [-0.4, -0.2) is 24.8 Å². The molecule has 0 saturated heterocycles. The number of rotatable bonds is 6. The third-order valence-corrected chi connectivity index (χ3v) is 4.06. The number of benzene rings is 2. The van der Waals surface area contributed by atoms with E-state index >= 15 is 0 Å². The Morgan fingerprint density at radius 1 is 1.19 bits per heavy atom. The number of hydrogen-bond acceptors (Lipinski definition) is 3. The van der Waals surface area contributed by atoms with Gasteiger partial charge < -0.3 is 20.1 Å². The number of carbonyl (C=O) groups is 1. The maximum absolute atomic E-state index is 11.6. The van der Waals surface area contributed by atoms with Gasteiger partial charge in [-0.1, -0.05) is 36.4 Å². The number of anilines is 1. The summed E-state index contributed by atoms with van der Waals surface area (Å²) in [5, 5.41) is 5.51. The molecule has 0 radical (unpaired) electrons. The number of carbonyl (C=O) groups excluding carboxylic acids is 1. The van der Waals surface area contributed by atoms with Crippen molar-refractivity contribution in [3.05, 3.63) is 65.7 Å². The van der Waals surface area contributed by atoms with Crippen LogP contribution >= 0.6 is 0 Å². The van der Waals surface area contributed by atoms with E-state index in [0.717, 1.165) is 22.6 Å². The molecule has 2 aromatic rings. The van der Waals surface area contributed by atoms with Crippen LogP contribution in [0.15, 0.2) is 54.6 Å². The molecule has 0 fully saturated rings. The minimum atomic E-state index is -0.518. The number of urea groups is 1. The molecule has 0 aliphatic carbocycles. The molecule has 1 aliphatic heterocycles. The number of nitrogens with one attached hydrogen (secondary N) is 2. The molecule has 0 aromatic heterocycles. The lowest BCUT2D eigenvalue weighted by Gasteiger charge is -2.31. The Morgan fingerprint density at radius 2 is 2.00 bits per heavy atom. The van der Waals surface area contributed by atoms with Crippen LogP contribution in [0.5, 0.6) is 5.75 Å². The van der Waals surface area contributed by atoms with Gasteiger partial charge >= 0.3 is 6.03 Å². The smallest absolute Gasteiger partial charge is 0.319 e. The Morgan fingerprint density at radius 3 is 2.77 bits per heavy atom. The molecule has 5 heteroatoms. The molecule has 2 aromatic carbocycles. The molecule has 3 rings (SSSR count). The fourth-order valence-corrected chi connectivity index (χ4v) is 2.76. The predicted molar refractivity (Wildman–Crippen MR) is 103 cm³/mol. The van der Waals surface area contributed by atoms with E-state index < -0.39 is 5.60 Å². The van der Waals surface area contributed by atoms with Crippen LogP contribution in [0.4, 0.5) is 10.5 Å². The summed E-state index contributed by atoms with van der Waals surface area (Å²) in [7, 11) is 0. The number of fused-ring (bicyclic) bond motifs is 1. The van der Waals surface area contributed by atoms with Crippen molar-refractivity contribution in [3.63, 3.8) is 0 Å². The van der Waals surface area contributed by atoms with Crippen LogP contribution in [0.3, 0.4) is 0 Å². The molecule has 2 amide bonds. The van der Waals surface area contributed by atoms with Gasteiger partial charge in [0.1, 0.15) is 11.4 Å². The molecule has 26 heavy (non-hydrogen) atoms. The highest BCUT2D eigenvalue weighted by atomic mass is 16.5. The monoisotopic (exact) mass is 352 g/mol. The standard InChI is InChI=1S/C21H24N2O3/c1-3-22-20(24)23-18-9-10-19-17(13-18)11-12-21(2,26-19)15-25-14-16-7-5-4-6-8-16/h4-13H,3,14-15H2,1-2H3,(H2,22,23,24). The molecular weight excluding hydrogens is 328 g/mol. The van der Waals surface area contributed by atoms with E-state index in [1.807, 2.05) is 74.5 Å². The van der Waals surface area contributed by atoms with Crippen LogP contribution in [0.2, 0.25) is 0 Å². The zero-order valence-corrected chi connectivity index (χ0v) is 15.1. The van der Waals surface area contributed by atoms with E-state index in [1.54, 1.807) is 0 Å². The van der Waals surface area contributed by atoms with Crippen molar-refractivity contribution < 1.29 is 14.3 Å². The van der Waals surface area contributed by atoms with Gasteiger partial charge in [0.2, 0.25) is 0 Å². The van der Waals surface area contributed by atoms with Gasteiger partial charge in [0.05, 0.1) is 13.2 Å². The van der Waals surface area contributed by atoms with Gasteiger partial charge in [0, 0.05) is 17.8 Å². The maximum atomic E-state index is 11.6. The molecule has 136 valence electrons. The van der Waals surface area contributed by atoms with Crippen molar-refractivity contribution in [2.24, 2.45) is 0 Å². The van der Waals surface area contributed by atoms with E-state index in [1.165, 1.54) is 0 Å². The van der Waals surface area contributed by atoms with Crippen molar-refractivity contribution in [2.45, 2.75) is 26.1 Å². The zero-order chi connectivity index (χ0) is 18.4. The predicted octanol–water partition coefficient (Wildman–Crippen LogP) is 4.21. The third kappa shape index (κ3) is 4.64. The number of ether oxygens (including phenoxy) is 2. The lowest BCUT2D eigenvalue weighted by atomic mass is 10.0. The first-order chi connectivity index (χ1) is 12.6. The molecule has 0 bridgehead atoms.